The van der Waals surface area contributed by atoms with Crippen LogP contribution in [0.2, 0.25) is 0 Å². The molecule has 2 heteroatoms. The van der Waals surface area contributed by atoms with Crippen LogP contribution in [0.5, 0.6) is 0 Å². The monoisotopic (exact) mass is 240 g/mol. The van der Waals surface area contributed by atoms with Crippen molar-refractivity contribution in [3.8, 4) is 0 Å². The molecule has 1 atom stereocenters. The Hall–Kier alpha value is -0.0800. The molecule has 1 fully saturated rings. The maximum Gasteiger partial charge on any atom is 0.00953 e. The molecule has 0 aromatic carbocycles. The Kier molecular flexibility index (Phi) is 7.87. The van der Waals surface area contributed by atoms with Crippen molar-refractivity contribution >= 4 is 0 Å². The molecule has 0 aliphatic heterocycles. The molecule has 0 aromatic heterocycles. The van der Waals surface area contributed by atoms with E-state index in [9.17, 15) is 0 Å². The van der Waals surface area contributed by atoms with Gasteiger partial charge in [-0.25, -0.2) is 0 Å². The van der Waals surface area contributed by atoms with E-state index in [1.807, 2.05) is 0 Å². The molecule has 1 rings (SSSR count). The van der Waals surface area contributed by atoms with E-state index in [-0.39, 0.29) is 0 Å². The van der Waals surface area contributed by atoms with Crippen molar-refractivity contribution in [2.24, 2.45) is 11.7 Å². The van der Waals surface area contributed by atoms with Crippen LogP contribution in [0.15, 0.2) is 0 Å². The highest BCUT2D eigenvalue weighted by Crippen LogP contribution is 2.23. The molecule has 1 aliphatic rings. The van der Waals surface area contributed by atoms with Crippen molar-refractivity contribution in [1.82, 2.24) is 4.90 Å². The molecule has 0 radical (unpaired) electrons. The molecule has 0 bridgehead atoms. The first kappa shape index (κ1) is 15.0. The molecule has 102 valence electrons. The van der Waals surface area contributed by atoms with Crippen molar-refractivity contribution in [2.45, 2.75) is 71.3 Å². The minimum Gasteiger partial charge on any atom is -0.330 e. The number of rotatable bonds is 7. The fourth-order valence-electron chi connectivity index (χ4n) is 2.87. The summed E-state index contributed by atoms with van der Waals surface area (Å²) in [4.78, 5) is 2.74. The summed E-state index contributed by atoms with van der Waals surface area (Å²) in [6.07, 6.45) is 11.1. The van der Waals surface area contributed by atoms with Gasteiger partial charge < -0.3 is 10.6 Å². The van der Waals surface area contributed by atoms with E-state index in [2.05, 4.69) is 18.7 Å². The van der Waals surface area contributed by atoms with Gasteiger partial charge in [-0.1, -0.05) is 46.0 Å². The molecule has 0 heterocycles. The minimum absolute atomic E-state index is 0.830. The smallest absolute Gasteiger partial charge is 0.00953 e. The van der Waals surface area contributed by atoms with Gasteiger partial charge in [0, 0.05) is 12.6 Å². The van der Waals surface area contributed by atoms with E-state index >= 15 is 0 Å². The van der Waals surface area contributed by atoms with Gasteiger partial charge in [0.15, 0.2) is 0 Å². The van der Waals surface area contributed by atoms with E-state index in [0.29, 0.717) is 0 Å². The number of nitrogens with two attached hydrogens (primary N) is 1. The van der Waals surface area contributed by atoms with Crippen LogP contribution in [-0.4, -0.2) is 30.6 Å². The quantitative estimate of drug-likeness (QED) is 0.691. The van der Waals surface area contributed by atoms with E-state index in [1.165, 1.54) is 58.0 Å². The number of nitrogens with zero attached hydrogens (tertiary/aromatic N) is 1. The highest BCUT2D eigenvalue weighted by Gasteiger charge is 2.20. The van der Waals surface area contributed by atoms with Crippen LogP contribution in [-0.2, 0) is 0 Å². The maximum absolute atomic E-state index is 5.67. The van der Waals surface area contributed by atoms with Crippen LogP contribution in [0.25, 0.3) is 0 Å². The Morgan fingerprint density at radius 1 is 1.18 bits per heavy atom. The lowest BCUT2D eigenvalue weighted by molar-refractivity contribution is 0.153. The summed E-state index contributed by atoms with van der Waals surface area (Å²) in [5, 5.41) is 0. The van der Waals surface area contributed by atoms with Gasteiger partial charge in [-0.2, -0.15) is 0 Å². The van der Waals surface area contributed by atoms with E-state index in [4.69, 9.17) is 5.73 Å². The highest BCUT2D eigenvalue weighted by molar-refractivity contribution is 4.76. The zero-order chi connectivity index (χ0) is 12.5. The summed E-state index contributed by atoms with van der Waals surface area (Å²) < 4.78 is 0. The zero-order valence-electron chi connectivity index (χ0n) is 12.0. The molecular formula is C15H32N2. The molecule has 0 amide bonds. The maximum atomic E-state index is 5.67. The fourth-order valence-corrected chi connectivity index (χ4v) is 2.87. The molecule has 2 N–H and O–H groups in total. The van der Waals surface area contributed by atoms with Gasteiger partial charge in [-0.05, 0) is 38.3 Å². The molecule has 1 unspecified atom stereocenters. The molecule has 0 aromatic rings. The Labute approximate surface area is 108 Å². The molecule has 1 aliphatic carbocycles. The largest absolute Gasteiger partial charge is 0.330 e. The van der Waals surface area contributed by atoms with Crippen LogP contribution in [0, 0.1) is 5.92 Å². The van der Waals surface area contributed by atoms with Gasteiger partial charge >= 0.3 is 0 Å². The van der Waals surface area contributed by atoms with Crippen molar-refractivity contribution in [2.75, 3.05) is 19.6 Å². The summed E-state index contributed by atoms with van der Waals surface area (Å²) >= 11 is 0. The summed E-state index contributed by atoms with van der Waals surface area (Å²) in [6, 6.07) is 0.845. The first-order valence-electron chi connectivity index (χ1n) is 7.72. The fraction of sp³-hybridized carbons (Fsp3) is 1.00. The summed E-state index contributed by atoms with van der Waals surface area (Å²) in [7, 11) is 0. The van der Waals surface area contributed by atoms with Crippen LogP contribution < -0.4 is 5.73 Å². The second-order valence-electron chi connectivity index (χ2n) is 5.80. The first-order valence-corrected chi connectivity index (χ1v) is 7.72. The SMILES string of the molecule is CCC(C)CN(CCCN)C1CCCCCC1. The molecule has 2 nitrogen and oxygen atoms in total. The predicted molar refractivity (Wildman–Crippen MR) is 76.2 cm³/mol. The van der Waals surface area contributed by atoms with Gasteiger partial charge in [0.05, 0.1) is 0 Å². The average Bonchev–Trinajstić information content (AvgIpc) is 2.62. The third-order valence-electron chi connectivity index (χ3n) is 4.23. The molecular weight excluding hydrogens is 208 g/mol. The first-order chi connectivity index (χ1) is 8.27. The van der Waals surface area contributed by atoms with Crippen molar-refractivity contribution in [3.63, 3.8) is 0 Å². The van der Waals surface area contributed by atoms with Gasteiger partial charge in [0.2, 0.25) is 0 Å². The second kappa shape index (κ2) is 8.93. The van der Waals surface area contributed by atoms with E-state index < -0.39 is 0 Å². The average molecular weight is 240 g/mol. The van der Waals surface area contributed by atoms with E-state index in [0.717, 1.165) is 24.9 Å². The van der Waals surface area contributed by atoms with Gasteiger partial charge in [-0.3, -0.25) is 0 Å². The summed E-state index contributed by atoms with van der Waals surface area (Å²) in [5.41, 5.74) is 5.67. The highest BCUT2D eigenvalue weighted by atomic mass is 15.2. The number of hydrogen-bond acceptors (Lipinski definition) is 2. The molecule has 0 spiro atoms. The van der Waals surface area contributed by atoms with Crippen LogP contribution in [0.1, 0.15) is 65.2 Å². The van der Waals surface area contributed by atoms with Gasteiger partial charge in [0.1, 0.15) is 0 Å². The minimum atomic E-state index is 0.830. The standard InChI is InChI=1S/C15H32N2/c1-3-14(2)13-17(12-8-11-16)15-9-6-4-5-7-10-15/h14-15H,3-13,16H2,1-2H3. The third-order valence-corrected chi connectivity index (χ3v) is 4.23. The summed E-state index contributed by atoms with van der Waals surface area (Å²) in [5.74, 6) is 0.830. The lowest BCUT2D eigenvalue weighted by Crippen LogP contribution is -2.39. The summed E-state index contributed by atoms with van der Waals surface area (Å²) in [6.45, 7) is 8.02. The second-order valence-corrected chi connectivity index (χ2v) is 5.80. The van der Waals surface area contributed by atoms with Crippen LogP contribution >= 0.6 is 0 Å². The molecule has 0 saturated heterocycles. The van der Waals surface area contributed by atoms with E-state index in [1.54, 1.807) is 0 Å². The Morgan fingerprint density at radius 2 is 1.82 bits per heavy atom. The third kappa shape index (κ3) is 5.87. The van der Waals surface area contributed by atoms with Crippen molar-refractivity contribution < 1.29 is 0 Å². The zero-order valence-corrected chi connectivity index (χ0v) is 12.0. The lowest BCUT2D eigenvalue weighted by atomic mass is 10.0. The topological polar surface area (TPSA) is 29.3 Å². The number of hydrogen-bond donors (Lipinski definition) is 1. The van der Waals surface area contributed by atoms with Crippen molar-refractivity contribution in [1.29, 1.82) is 0 Å². The predicted octanol–water partition coefficient (Wildman–Crippen LogP) is 3.41. The van der Waals surface area contributed by atoms with Crippen molar-refractivity contribution in [3.05, 3.63) is 0 Å². The van der Waals surface area contributed by atoms with Gasteiger partial charge in [0.25, 0.3) is 0 Å². The molecule has 1 saturated carbocycles. The Morgan fingerprint density at radius 3 is 2.35 bits per heavy atom. The van der Waals surface area contributed by atoms with Crippen LogP contribution in [0.4, 0.5) is 0 Å². The normalized spacial score (nSPS) is 20.5. The Bertz CT molecular complexity index is 174. The molecule has 17 heavy (non-hydrogen) atoms. The lowest BCUT2D eigenvalue weighted by Gasteiger charge is -2.33. The van der Waals surface area contributed by atoms with Crippen LogP contribution in [0.3, 0.4) is 0 Å². The Balaban J connectivity index is 2.46. The van der Waals surface area contributed by atoms with Gasteiger partial charge in [-0.15, -0.1) is 0 Å².